The molecular weight excluding hydrogens is 224 g/mol. The highest BCUT2D eigenvalue weighted by molar-refractivity contribution is 4.97. The minimum atomic E-state index is -0.712. The normalized spacial score (nSPS) is 32.6. The Morgan fingerprint density at radius 3 is 2.82 bits per heavy atom. The Balaban J connectivity index is 2.38. The van der Waals surface area contributed by atoms with Crippen LogP contribution in [-0.2, 0) is 4.74 Å². The van der Waals surface area contributed by atoms with E-state index in [4.69, 9.17) is 4.74 Å². The maximum atomic E-state index is 11.6. The topological polar surface area (TPSA) is 84.3 Å². The van der Waals surface area contributed by atoms with Gasteiger partial charge in [-0.1, -0.05) is 13.0 Å². The van der Waals surface area contributed by atoms with Gasteiger partial charge in [0.2, 0.25) is 0 Å². The van der Waals surface area contributed by atoms with Crippen LogP contribution in [0, 0.1) is 5.92 Å². The van der Waals surface area contributed by atoms with Crippen LogP contribution >= 0.6 is 0 Å². The smallest absolute Gasteiger partial charge is 0.330 e. The molecule has 17 heavy (non-hydrogen) atoms. The van der Waals surface area contributed by atoms with Crippen molar-refractivity contribution in [2.75, 3.05) is 0 Å². The largest absolute Gasteiger partial charge is 0.390 e. The van der Waals surface area contributed by atoms with Gasteiger partial charge in [0.25, 0.3) is 5.56 Å². The number of nitrogens with zero attached hydrogens (tertiary/aromatic N) is 1. The van der Waals surface area contributed by atoms with Gasteiger partial charge < -0.3 is 9.84 Å². The van der Waals surface area contributed by atoms with Crippen molar-refractivity contribution in [2.45, 2.75) is 25.4 Å². The number of aromatic nitrogens is 2. The minimum absolute atomic E-state index is 0.262. The molecule has 1 saturated heterocycles. The van der Waals surface area contributed by atoms with E-state index >= 15 is 0 Å². The molecule has 2 heterocycles. The van der Waals surface area contributed by atoms with Crippen molar-refractivity contribution < 1.29 is 9.84 Å². The first-order valence-corrected chi connectivity index (χ1v) is 5.32. The molecular formula is C11H14N2O4. The first kappa shape index (κ1) is 11.8. The Labute approximate surface area is 97.2 Å². The van der Waals surface area contributed by atoms with E-state index in [1.54, 1.807) is 6.92 Å². The molecule has 0 amide bonds. The lowest BCUT2D eigenvalue weighted by molar-refractivity contribution is -0.000694. The zero-order valence-electron chi connectivity index (χ0n) is 9.37. The second-order valence-corrected chi connectivity index (χ2v) is 4.09. The Morgan fingerprint density at radius 1 is 1.59 bits per heavy atom. The molecule has 0 aliphatic carbocycles. The first-order chi connectivity index (χ1) is 8.04. The van der Waals surface area contributed by atoms with Crippen LogP contribution in [0.1, 0.15) is 13.2 Å². The number of H-pyrrole nitrogens is 1. The number of aromatic amines is 1. The fraction of sp³-hybridized carbons (Fsp3) is 0.455. The van der Waals surface area contributed by atoms with Gasteiger partial charge in [-0.05, 0) is 0 Å². The first-order valence-electron chi connectivity index (χ1n) is 5.32. The number of aliphatic hydroxyl groups excluding tert-OH is 1. The highest BCUT2D eigenvalue weighted by Gasteiger charge is 2.40. The van der Waals surface area contributed by atoms with Gasteiger partial charge in [-0.15, -0.1) is 6.58 Å². The lowest BCUT2D eigenvalue weighted by Gasteiger charge is -2.17. The van der Waals surface area contributed by atoms with Crippen LogP contribution in [0.3, 0.4) is 0 Å². The van der Waals surface area contributed by atoms with Crippen LogP contribution < -0.4 is 11.2 Å². The van der Waals surface area contributed by atoms with Crippen molar-refractivity contribution in [3.8, 4) is 0 Å². The molecule has 0 bridgehead atoms. The van der Waals surface area contributed by atoms with Crippen LogP contribution in [0.4, 0.5) is 0 Å². The summed E-state index contributed by atoms with van der Waals surface area (Å²) in [5, 5.41) is 9.85. The highest BCUT2D eigenvalue weighted by Crippen LogP contribution is 2.33. The van der Waals surface area contributed by atoms with Gasteiger partial charge in [0.15, 0.2) is 0 Å². The Morgan fingerprint density at radius 2 is 2.29 bits per heavy atom. The molecule has 0 unspecified atom stereocenters. The maximum absolute atomic E-state index is 11.6. The number of rotatable bonds is 2. The van der Waals surface area contributed by atoms with Gasteiger partial charge in [0.1, 0.15) is 12.3 Å². The van der Waals surface area contributed by atoms with Gasteiger partial charge >= 0.3 is 5.69 Å². The summed E-state index contributed by atoms with van der Waals surface area (Å²) in [6.45, 7) is 5.34. The molecule has 0 spiro atoms. The van der Waals surface area contributed by atoms with Crippen LogP contribution in [0.15, 0.2) is 34.5 Å². The highest BCUT2D eigenvalue weighted by atomic mass is 16.5. The summed E-state index contributed by atoms with van der Waals surface area (Å²) >= 11 is 0. The number of ether oxygens (including phenoxy) is 1. The molecule has 0 radical (unpaired) electrons. The van der Waals surface area contributed by atoms with Gasteiger partial charge in [-0.3, -0.25) is 14.3 Å². The maximum Gasteiger partial charge on any atom is 0.330 e. The molecule has 1 fully saturated rings. The van der Waals surface area contributed by atoms with E-state index in [9.17, 15) is 14.7 Å². The average molecular weight is 238 g/mol. The fourth-order valence-electron chi connectivity index (χ4n) is 1.97. The predicted molar refractivity (Wildman–Crippen MR) is 60.6 cm³/mol. The molecule has 1 aromatic heterocycles. The van der Waals surface area contributed by atoms with Gasteiger partial charge in [-0.2, -0.15) is 0 Å². The van der Waals surface area contributed by atoms with Gasteiger partial charge in [-0.25, -0.2) is 4.79 Å². The van der Waals surface area contributed by atoms with Crippen molar-refractivity contribution in [3.05, 3.63) is 45.8 Å². The molecule has 92 valence electrons. The third-order valence-electron chi connectivity index (χ3n) is 2.98. The number of nitrogens with one attached hydrogen (secondary N) is 1. The molecule has 6 nitrogen and oxygen atoms in total. The van der Waals surface area contributed by atoms with E-state index in [1.165, 1.54) is 22.9 Å². The molecule has 6 heteroatoms. The molecule has 0 saturated carbocycles. The van der Waals surface area contributed by atoms with Crippen molar-refractivity contribution in [3.63, 3.8) is 0 Å². The lowest BCUT2D eigenvalue weighted by Crippen LogP contribution is -2.33. The monoisotopic (exact) mass is 238 g/mol. The van der Waals surface area contributed by atoms with E-state index in [-0.39, 0.29) is 5.92 Å². The zero-order valence-corrected chi connectivity index (χ0v) is 9.37. The SMILES string of the molecule is C=C[C@H]1O[C@@H](n2ccc(=O)[nH]c2=O)[C@H](C)[C@@H]1O. The summed E-state index contributed by atoms with van der Waals surface area (Å²) in [5.74, 6) is -0.262. The predicted octanol–water partition coefficient (Wildman–Crippen LogP) is -0.383. The van der Waals surface area contributed by atoms with Crippen molar-refractivity contribution in [1.82, 2.24) is 9.55 Å². The van der Waals surface area contributed by atoms with E-state index < -0.39 is 29.7 Å². The lowest BCUT2D eigenvalue weighted by atomic mass is 10.0. The van der Waals surface area contributed by atoms with Crippen molar-refractivity contribution in [2.24, 2.45) is 5.92 Å². The molecule has 1 aromatic rings. The summed E-state index contributed by atoms with van der Waals surface area (Å²) in [6.07, 6.45) is 1.04. The Kier molecular flexibility index (Phi) is 2.99. The standard InChI is InChI=1S/C11H14N2O4/c1-3-7-9(15)6(2)10(17-7)13-5-4-8(14)12-11(13)16/h3-7,9-10,15H,1H2,2H3,(H,12,14,16)/t6-,7-,9+,10-/m1/s1. The summed E-state index contributed by atoms with van der Waals surface area (Å²) in [5.41, 5.74) is -1.01. The van der Waals surface area contributed by atoms with Crippen LogP contribution in [0.5, 0.6) is 0 Å². The Bertz CT molecular complexity index is 533. The third-order valence-corrected chi connectivity index (χ3v) is 2.98. The quantitative estimate of drug-likeness (QED) is 0.688. The Hall–Kier alpha value is -1.66. The van der Waals surface area contributed by atoms with Crippen LogP contribution in [-0.4, -0.2) is 26.9 Å². The average Bonchev–Trinajstić information content (AvgIpc) is 2.57. The number of hydrogen-bond donors (Lipinski definition) is 2. The zero-order chi connectivity index (χ0) is 12.6. The molecule has 1 aliphatic heterocycles. The summed E-state index contributed by atoms with van der Waals surface area (Å²) in [6, 6.07) is 1.24. The van der Waals surface area contributed by atoms with Gasteiger partial charge in [0.05, 0.1) is 6.10 Å². The second-order valence-electron chi connectivity index (χ2n) is 4.09. The van der Waals surface area contributed by atoms with Crippen molar-refractivity contribution in [1.29, 1.82) is 0 Å². The van der Waals surface area contributed by atoms with Crippen molar-refractivity contribution >= 4 is 0 Å². The number of hydrogen-bond acceptors (Lipinski definition) is 4. The van der Waals surface area contributed by atoms with E-state index in [0.717, 1.165) is 0 Å². The minimum Gasteiger partial charge on any atom is -0.390 e. The van der Waals surface area contributed by atoms with E-state index in [2.05, 4.69) is 11.6 Å². The van der Waals surface area contributed by atoms with E-state index in [1.807, 2.05) is 0 Å². The molecule has 0 aromatic carbocycles. The summed E-state index contributed by atoms with van der Waals surface area (Å²) < 4.78 is 6.78. The fourth-order valence-corrected chi connectivity index (χ4v) is 1.97. The van der Waals surface area contributed by atoms with Gasteiger partial charge in [0, 0.05) is 18.2 Å². The third kappa shape index (κ3) is 1.96. The van der Waals surface area contributed by atoms with Crippen LogP contribution in [0.25, 0.3) is 0 Å². The molecule has 2 N–H and O–H groups in total. The van der Waals surface area contributed by atoms with E-state index in [0.29, 0.717) is 0 Å². The van der Waals surface area contributed by atoms with Crippen LogP contribution in [0.2, 0.25) is 0 Å². The molecule has 4 atom stereocenters. The molecule has 2 rings (SSSR count). The summed E-state index contributed by atoms with van der Waals surface area (Å²) in [7, 11) is 0. The number of aliphatic hydroxyl groups is 1. The second kappa shape index (κ2) is 4.31. The summed E-state index contributed by atoms with van der Waals surface area (Å²) in [4.78, 5) is 24.7. The molecule has 1 aliphatic rings.